The van der Waals surface area contributed by atoms with Crippen molar-refractivity contribution in [2.45, 2.75) is 45.1 Å². The molecule has 0 saturated carbocycles. The van der Waals surface area contributed by atoms with Crippen molar-refractivity contribution in [1.29, 1.82) is 0 Å². The fourth-order valence-corrected chi connectivity index (χ4v) is 3.52. The molecule has 1 aromatic rings. The van der Waals surface area contributed by atoms with Crippen LogP contribution in [0.5, 0.6) is 0 Å². The van der Waals surface area contributed by atoms with Crippen LogP contribution in [0, 0.1) is 5.92 Å². The number of rotatable bonds is 5. The number of furan rings is 1. The molecule has 3 rings (SSSR count). The van der Waals surface area contributed by atoms with Gasteiger partial charge in [-0.25, -0.2) is 0 Å². The van der Waals surface area contributed by atoms with Crippen LogP contribution in [-0.4, -0.2) is 49.7 Å². The van der Waals surface area contributed by atoms with E-state index in [1.165, 1.54) is 12.8 Å². The summed E-state index contributed by atoms with van der Waals surface area (Å²) in [6.45, 7) is 6.96. The van der Waals surface area contributed by atoms with E-state index in [1.54, 1.807) is 6.26 Å². The number of aliphatic imine (C=N–C) groups is 1. The molecule has 0 aromatic carbocycles. The first-order chi connectivity index (χ1) is 11.4. The summed E-state index contributed by atoms with van der Waals surface area (Å²) in [6.07, 6.45) is 7.77. The number of piperidine rings is 1. The van der Waals surface area contributed by atoms with Gasteiger partial charge in [0.2, 0.25) is 0 Å². The van der Waals surface area contributed by atoms with Crippen molar-refractivity contribution in [2.75, 3.05) is 32.8 Å². The van der Waals surface area contributed by atoms with Gasteiger partial charge in [0.15, 0.2) is 5.96 Å². The van der Waals surface area contributed by atoms with Crippen molar-refractivity contribution in [2.24, 2.45) is 10.9 Å². The third-order valence-corrected chi connectivity index (χ3v) is 4.73. The first-order valence-electron chi connectivity index (χ1n) is 9.04. The number of guanidine groups is 1. The highest BCUT2D eigenvalue weighted by atomic mass is 16.5. The molecule has 5 nitrogen and oxygen atoms in total. The molecule has 2 aliphatic rings. The van der Waals surface area contributed by atoms with Gasteiger partial charge >= 0.3 is 0 Å². The number of hydrogen-bond donors (Lipinski definition) is 1. The van der Waals surface area contributed by atoms with Crippen LogP contribution in [0.2, 0.25) is 0 Å². The van der Waals surface area contributed by atoms with Gasteiger partial charge in [-0.1, -0.05) is 6.92 Å². The molecule has 2 aliphatic heterocycles. The second-order valence-corrected chi connectivity index (χ2v) is 6.51. The predicted octanol–water partition coefficient (Wildman–Crippen LogP) is 2.68. The van der Waals surface area contributed by atoms with Crippen molar-refractivity contribution < 1.29 is 9.15 Å². The summed E-state index contributed by atoms with van der Waals surface area (Å²) in [5, 5.41) is 3.53. The fourth-order valence-electron chi connectivity index (χ4n) is 3.52. The standard InChI is InChI=1S/C18H29N3O2/c1-2-9-19-18(20-10-7-16-6-4-12-22-16)21-11-8-17-15(14-21)5-3-13-23-17/h4,6,12,15,17H,2-3,5,7-11,13-14H2,1H3,(H,19,20). The Morgan fingerprint density at radius 1 is 1.43 bits per heavy atom. The summed E-state index contributed by atoms with van der Waals surface area (Å²) in [5.41, 5.74) is 0. The highest BCUT2D eigenvalue weighted by molar-refractivity contribution is 5.80. The van der Waals surface area contributed by atoms with Gasteiger partial charge in [0.25, 0.3) is 0 Å². The Labute approximate surface area is 139 Å². The van der Waals surface area contributed by atoms with Crippen LogP contribution in [0.25, 0.3) is 0 Å². The molecule has 2 saturated heterocycles. The zero-order valence-corrected chi connectivity index (χ0v) is 14.2. The first kappa shape index (κ1) is 16.4. The third-order valence-electron chi connectivity index (χ3n) is 4.73. The summed E-state index contributed by atoms with van der Waals surface area (Å²) in [7, 11) is 0. The maximum absolute atomic E-state index is 5.92. The van der Waals surface area contributed by atoms with Crippen molar-refractivity contribution in [3.8, 4) is 0 Å². The van der Waals surface area contributed by atoms with Crippen LogP contribution < -0.4 is 5.32 Å². The Balaban J connectivity index is 1.55. The third kappa shape index (κ3) is 4.50. The molecule has 23 heavy (non-hydrogen) atoms. The largest absolute Gasteiger partial charge is 0.469 e. The molecule has 0 spiro atoms. The molecule has 128 valence electrons. The van der Waals surface area contributed by atoms with Crippen LogP contribution in [0.1, 0.15) is 38.4 Å². The molecule has 1 N–H and O–H groups in total. The van der Waals surface area contributed by atoms with Gasteiger partial charge in [-0.05, 0) is 37.8 Å². The van der Waals surface area contributed by atoms with E-state index >= 15 is 0 Å². The van der Waals surface area contributed by atoms with Crippen LogP contribution in [-0.2, 0) is 11.2 Å². The highest BCUT2D eigenvalue weighted by Crippen LogP contribution is 2.28. The summed E-state index contributed by atoms with van der Waals surface area (Å²) in [4.78, 5) is 7.21. The lowest BCUT2D eigenvalue weighted by Gasteiger charge is -2.42. The zero-order valence-electron chi connectivity index (χ0n) is 14.2. The van der Waals surface area contributed by atoms with Gasteiger partial charge in [0.1, 0.15) is 5.76 Å². The second kappa shape index (κ2) is 8.39. The smallest absolute Gasteiger partial charge is 0.193 e. The van der Waals surface area contributed by atoms with Crippen LogP contribution in [0.3, 0.4) is 0 Å². The molecule has 0 amide bonds. The van der Waals surface area contributed by atoms with Gasteiger partial charge in [-0.15, -0.1) is 0 Å². The lowest BCUT2D eigenvalue weighted by molar-refractivity contribution is -0.0559. The molecule has 0 aliphatic carbocycles. The van der Waals surface area contributed by atoms with E-state index in [4.69, 9.17) is 14.1 Å². The first-order valence-corrected chi connectivity index (χ1v) is 9.04. The minimum absolute atomic E-state index is 0.468. The summed E-state index contributed by atoms with van der Waals surface area (Å²) in [6, 6.07) is 3.96. The molecular weight excluding hydrogens is 290 g/mol. The van der Waals surface area contributed by atoms with Crippen molar-refractivity contribution in [3.05, 3.63) is 24.2 Å². The minimum Gasteiger partial charge on any atom is -0.469 e. The molecule has 3 heterocycles. The van der Waals surface area contributed by atoms with E-state index in [0.717, 1.165) is 63.8 Å². The molecule has 2 atom stereocenters. The molecule has 2 unspecified atom stereocenters. The van der Waals surface area contributed by atoms with E-state index in [2.05, 4.69) is 17.1 Å². The Morgan fingerprint density at radius 3 is 3.22 bits per heavy atom. The van der Waals surface area contributed by atoms with E-state index in [0.29, 0.717) is 12.0 Å². The Kier molecular flexibility index (Phi) is 5.97. The number of hydrogen-bond acceptors (Lipinski definition) is 3. The van der Waals surface area contributed by atoms with E-state index in [1.807, 2.05) is 12.1 Å². The van der Waals surface area contributed by atoms with Gasteiger partial charge in [-0.3, -0.25) is 4.99 Å². The normalized spacial score (nSPS) is 25.3. The molecular formula is C18H29N3O2. The Morgan fingerprint density at radius 2 is 2.39 bits per heavy atom. The fraction of sp³-hybridized carbons (Fsp3) is 0.722. The number of ether oxygens (including phenoxy) is 1. The van der Waals surface area contributed by atoms with E-state index in [-0.39, 0.29) is 0 Å². The minimum atomic E-state index is 0.468. The number of nitrogens with one attached hydrogen (secondary N) is 1. The quantitative estimate of drug-likeness (QED) is 0.670. The average Bonchev–Trinajstić information content (AvgIpc) is 3.11. The average molecular weight is 319 g/mol. The predicted molar refractivity (Wildman–Crippen MR) is 91.7 cm³/mol. The summed E-state index contributed by atoms with van der Waals surface area (Å²) >= 11 is 0. The molecule has 0 bridgehead atoms. The van der Waals surface area contributed by atoms with Crippen molar-refractivity contribution in [1.82, 2.24) is 10.2 Å². The van der Waals surface area contributed by atoms with Gasteiger partial charge in [0, 0.05) is 45.1 Å². The zero-order chi connectivity index (χ0) is 15.9. The van der Waals surface area contributed by atoms with Crippen LogP contribution >= 0.6 is 0 Å². The Hall–Kier alpha value is -1.49. The SMILES string of the molecule is CCCN=C(NCCc1ccco1)N1CCC2OCCCC2C1. The van der Waals surface area contributed by atoms with Crippen LogP contribution in [0.4, 0.5) is 0 Å². The monoisotopic (exact) mass is 319 g/mol. The molecule has 0 radical (unpaired) electrons. The Bertz CT molecular complexity index is 486. The molecule has 5 heteroatoms. The van der Waals surface area contributed by atoms with Gasteiger partial charge < -0.3 is 19.4 Å². The van der Waals surface area contributed by atoms with E-state index < -0.39 is 0 Å². The van der Waals surface area contributed by atoms with Crippen molar-refractivity contribution in [3.63, 3.8) is 0 Å². The highest BCUT2D eigenvalue weighted by Gasteiger charge is 2.33. The number of likely N-dealkylation sites (tertiary alicyclic amines) is 1. The van der Waals surface area contributed by atoms with E-state index in [9.17, 15) is 0 Å². The molecule has 2 fully saturated rings. The van der Waals surface area contributed by atoms with Gasteiger partial charge in [-0.2, -0.15) is 0 Å². The summed E-state index contributed by atoms with van der Waals surface area (Å²) < 4.78 is 11.3. The van der Waals surface area contributed by atoms with Crippen molar-refractivity contribution >= 4 is 5.96 Å². The number of nitrogens with zero attached hydrogens (tertiary/aromatic N) is 2. The second-order valence-electron chi connectivity index (χ2n) is 6.51. The lowest BCUT2D eigenvalue weighted by atomic mass is 9.88. The van der Waals surface area contributed by atoms with Gasteiger partial charge in [0.05, 0.1) is 12.4 Å². The topological polar surface area (TPSA) is 50.0 Å². The maximum atomic E-state index is 5.92. The molecule has 1 aromatic heterocycles. The van der Waals surface area contributed by atoms with Crippen LogP contribution in [0.15, 0.2) is 27.8 Å². The lowest BCUT2D eigenvalue weighted by Crippen LogP contribution is -2.52. The summed E-state index contributed by atoms with van der Waals surface area (Å²) in [5.74, 6) is 2.74. The maximum Gasteiger partial charge on any atom is 0.193 e. The number of fused-ring (bicyclic) bond motifs is 1.